The minimum absolute atomic E-state index is 0.153. The fraction of sp³-hybridized carbons (Fsp3) is 0.238. The van der Waals surface area contributed by atoms with E-state index in [1.54, 1.807) is 27.5 Å². The molecule has 28 heavy (non-hydrogen) atoms. The SMILES string of the molecule is COc1cc(CNC(=O)c2ccc(Cn3cccn3)cc2)cc(OC)c1OC. The summed E-state index contributed by atoms with van der Waals surface area (Å²) in [5.74, 6) is 1.47. The van der Waals surface area contributed by atoms with E-state index in [9.17, 15) is 4.79 Å². The number of nitrogens with one attached hydrogen (secondary N) is 1. The van der Waals surface area contributed by atoms with Gasteiger partial charge in [0, 0.05) is 24.5 Å². The van der Waals surface area contributed by atoms with Gasteiger partial charge in [-0.1, -0.05) is 12.1 Å². The number of hydrogen-bond acceptors (Lipinski definition) is 5. The minimum Gasteiger partial charge on any atom is -0.493 e. The van der Waals surface area contributed by atoms with Crippen LogP contribution in [0.2, 0.25) is 0 Å². The second kappa shape index (κ2) is 8.94. The van der Waals surface area contributed by atoms with Crippen molar-refractivity contribution in [3.63, 3.8) is 0 Å². The predicted molar refractivity (Wildman–Crippen MR) is 105 cm³/mol. The van der Waals surface area contributed by atoms with Crippen LogP contribution in [0.3, 0.4) is 0 Å². The molecular weight excluding hydrogens is 358 g/mol. The summed E-state index contributed by atoms with van der Waals surface area (Å²) >= 11 is 0. The van der Waals surface area contributed by atoms with Crippen molar-refractivity contribution in [3.05, 3.63) is 71.5 Å². The zero-order valence-electron chi connectivity index (χ0n) is 16.1. The largest absolute Gasteiger partial charge is 0.493 e. The van der Waals surface area contributed by atoms with Crippen LogP contribution in [0.15, 0.2) is 54.9 Å². The first-order valence-corrected chi connectivity index (χ1v) is 8.78. The second-order valence-electron chi connectivity index (χ2n) is 6.12. The summed E-state index contributed by atoms with van der Waals surface area (Å²) in [5, 5.41) is 7.09. The molecule has 0 aliphatic carbocycles. The van der Waals surface area contributed by atoms with Crippen LogP contribution in [-0.4, -0.2) is 37.0 Å². The van der Waals surface area contributed by atoms with Gasteiger partial charge in [-0.3, -0.25) is 9.48 Å². The van der Waals surface area contributed by atoms with Gasteiger partial charge in [-0.2, -0.15) is 5.10 Å². The van der Waals surface area contributed by atoms with Crippen molar-refractivity contribution in [2.24, 2.45) is 0 Å². The molecule has 2 aromatic carbocycles. The van der Waals surface area contributed by atoms with Gasteiger partial charge in [-0.15, -0.1) is 0 Å². The lowest BCUT2D eigenvalue weighted by Crippen LogP contribution is -2.22. The normalized spacial score (nSPS) is 10.4. The summed E-state index contributed by atoms with van der Waals surface area (Å²) in [7, 11) is 4.67. The van der Waals surface area contributed by atoms with Crippen LogP contribution in [0.4, 0.5) is 0 Å². The van der Waals surface area contributed by atoms with Gasteiger partial charge < -0.3 is 19.5 Å². The molecule has 0 spiro atoms. The van der Waals surface area contributed by atoms with Crippen LogP contribution < -0.4 is 19.5 Å². The highest BCUT2D eigenvalue weighted by Crippen LogP contribution is 2.38. The summed E-state index contributed by atoms with van der Waals surface area (Å²) in [5.41, 5.74) is 2.51. The number of ether oxygens (including phenoxy) is 3. The lowest BCUT2D eigenvalue weighted by Gasteiger charge is -2.14. The van der Waals surface area contributed by atoms with E-state index in [-0.39, 0.29) is 5.91 Å². The van der Waals surface area contributed by atoms with E-state index >= 15 is 0 Å². The highest BCUT2D eigenvalue weighted by atomic mass is 16.5. The van der Waals surface area contributed by atoms with E-state index in [1.165, 1.54) is 0 Å². The summed E-state index contributed by atoms with van der Waals surface area (Å²) in [6.07, 6.45) is 3.64. The zero-order valence-corrected chi connectivity index (χ0v) is 16.1. The van der Waals surface area contributed by atoms with E-state index in [1.807, 2.05) is 53.3 Å². The number of methoxy groups -OCH3 is 3. The Morgan fingerprint density at radius 3 is 2.21 bits per heavy atom. The Labute approximate surface area is 163 Å². The molecule has 7 heteroatoms. The molecule has 3 rings (SSSR count). The molecule has 0 aliphatic heterocycles. The maximum absolute atomic E-state index is 12.5. The topological polar surface area (TPSA) is 74.6 Å². The number of amides is 1. The molecule has 0 bridgehead atoms. The lowest BCUT2D eigenvalue weighted by atomic mass is 10.1. The quantitative estimate of drug-likeness (QED) is 0.649. The first-order chi connectivity index (χ1) is 13.6. The van der Waals surface area contributed by atoms with Crippen molar-refractivity contribution in [2.75, 3.05) is 21.3 Å². The number of hydrogen-bond donors (Lipinski definition) is 1. The molecule has 1 N–H and O–H groups in total. The van der Waals surface area contributed by atoms with E-state index in [4.69, 9.17) is 14.2 Å². The number of carbonyl (C=O) groups excluding carboxylic acids is 1. The predicted octanol–water partition coefficient (Wildman–Crippen LogP) is 2.89. The second-order valence-corrected chi connectivity index (χ2v) is 6.12. The lowest BCUT2D eigenvalue weighted by molar-refractivity contribution is 0.0951. The first-order valence-electron chi connectivity index (χ1n) is 8.78. The maximum atomic E-state index is 12.5. The Bertz CT molecular complexity index is 896. The summed E-state index contributed by atoms with van der Waals surface area (Å²) < 4.78 is 17.8. The van der Waals surface area contributed by atoms with Crippen LogP contribution in [0.1, 0.15) is 21.5 Å². The highest BCUT2D eigenvalue weighted by Gasteiger charge is 2.14. The Morgan fingerprint density at radius 2 is 1.68 bits per heavy atom. The molecule has 146 valence electrons. The Hall–Kier alpha value is -3.48. The zero-order chi connectivity index (χ0) is 19.9. The number of nitrogens with zero attached hydrogens (tertiary/aromatic N) is 2. The van der Waals surface area contributed by atoms with Gasteiger partial charge in [0.25, 0.3) is 5.91 Å². The maximum Gasteiger partial charge on any atom is 0.251 e. The molecule has 0 aliphatic rings. The van der Waals surface area contributed by atoms with Crippen molar-refractivity contribution >= 4 is 5.91 Å². The third kappa shape index (κ3) is 4.43. The fourth-order valence-electron chi connectivity index (χ4n) is 2.86. The number of aromatic nitrogens is 2. The van der Waals surface area contributed by atoms with Crippen molar-refractivity contribution in [2.45, 2.75) is 13.1 Å². The van der Waals surface area contributed by atoms with Crippen LogP contribution in [0.5, 0.6) is 17.2 Å². The number of benzene rings is 2. The third-order valence-electron chi connectivity index (χ3n) is 4.30. The van der Waals surface area contributed by atoms with Crippen molar-refractivity contribution in [1.82, 2.24) is 15.1 Å². The molecule has 0 radical (unpaired) electrons. The number of rotatable bonds is 8. The van der Waals surface area contributed by atoms with Crippen molar-refractivity contribution < 1.29 is 19.0 Å². The monoisotopic (exact) mass is 381 g/mol. The van der Waals surface area contributed by atoms with E-state index in [0.717, 1.165) is 11.1 Å². The molecule has 1 aromatic heterocycles. The van der Waals surface area contributed by atoms with Crippen LogP contribution >= 0.6 is 0 Å². The Balaban J connectivity index is 1.65. The summed E-state index contributed by atoms with van der Waals surface area (Å²) in [6, 6.07) is 13.0. The van der Waals surface area contributed by atoms with Gasteiger partial charge in [-0.25, -0.2) is 0 Å². The van der Waals surface area contributed by atoms with Crippen LogP contribution in [0, 0.1) is 0 Å². The standard InChI is InChI=1S/C21H23N3O4/c1-26-18-11-16(12-19(27-2)20(18)28-3)13-22-21(25)17-7-5-15(6-8-17)14-24-10-4-9-23-24/h4-12H,13-14H2,1-3H3,(H,22,25). The summed E-state index contributed by atoms with van der Waals surface area (Å²) in [4.78, 5) is 12.5. The van der Waals surface area contributed by atoms with E-state index in [0.29, 0.717) is 35.9 Å². The fourth-order valence-corrected chi connectivity index (χ4v) is 2.86. The van der Waals surface area contributed by atoms with Gasteiger partial charge >= 0.3 is 0 Å². The molecule has 1 amide bonds. The first kappa shape index (κ1) is 19.3. The van der Waals surface area contributed by atoms with E-state index in [2.05, 4.69) is 10.4 Å². The molecule has 0 atom stereocenters. The molecule has 0 saturated heterocycles. The smallest absolute Gasteiger partial charge is 0.251 e. The average molecular weight is 381 g/mol. The van der Waals surface area contributed by atoms with Gasteiger partial charge in [0.2, 0.25) is 5.75 Å². The Morgan fingerprint density at radius 1 is 1.00 bits per heavy atom. The molecule has 7 nitrogen and oxygen atoms in total. The molecular formula is C21H23N3O4. The summed E-state index contributed by atoms with van der Waals surface area (Å²) in [6.45, 7) is 1.00. The van der Waals surface area contributed by atoms with Crippen LogP contribution in [-0.2, 0) is 13.1 Å². The molecule has 0 unspecified atom stereocenters. The highest BCUT2D eigenvalue weighted by molar-refractivity contribution is 5.94. The van der Waals surface area contributed by atoms with Crippen molar-refractivity contribution in [1.29, 1.82) is 0 Å². The van der Waals surface area contributed by atoms with Gasteiger partial charge in [0.15, 0.2) is 11.5 Å². The van der Waals surface area contributed by atoms with Gasteiger partial charge in [-0.05, 0) is 41.5 Å². The van der Waals surface area contributed by atoms with Crippen LogP contribution in [0.25, 0.3) is 0 Å². The van der Waals surface area contributed by atoms with E-state index < -0.39 is 0 Å². The molecule has 0 saturated carbocycles. The van der Waals surface area contributed by atoms with Crippen molar-refractivity contribution in [3.8, 4) is 17.2 Å². The molecule has 3 aromatic rings. The molecule has 0 fully saturated rings. The van der Waals surface area contributed by atoms with Gasteiger partial charge in [0.05, 0.1) is 27.9 Å². The Kier molecular flexibility index (Phi) is 6.16. The third-order valence-corrected chi connectivity index (χ3v) is 4.30. The van der Waals surface area contributed by atoms with Gasteiger partial charge in [0.1, 0.15) is 0 Å². The average Bonchev–Trinajstić information content (AvgIpc) is 3.24. The molecule has 1 heterocycles. The number of carbonyl (C=O) groups is 1. The minimum atomic E-state index is -0.153.